The minimum Gasteiger partial charge on any atom is -0.368 e. The number of nitrogens with one attached hydrogen (secondary N) is 3. The van der Waals surface area contributed by atoms with Crippen LogP contribution in [0.5, 0.6) is 0 Å². The van der Waals surface area contributed by atoms with E-state index in [1.54, 1.807) is 18.2 Å². The molecule has 8 nitrogen and oxygen atoms in total. The Labute approximate surface area is 213 Å². The van der Waals surface area contributed by atoms with Crippen LogP contribution in [0.3, 0.4) is 0 Å². The molecular weight excluding hydrogens is 484 g/mol. The standard InChI is InChI=1S/C24H31ClN6O2S.CH4/c25-19-4-3-5-20(14-19)34(32,33)29-16-18-10-8-17(9-11-18)15-28-24-30-22-7-2-1-6-21(22)23(31-24)27-13-12-26;/h1-7,14,17-18,29H,8-13,15-16,26H2,(H2,27,28,30,31);1H4. The smallest absolute Gasteiger partial charge is 0.240 e. The Morgan fingerprint density at radius 1 is 0.943 bits per heavy atom. The van der Waals surface area contributed by atoms with Crippen molar-refractivity contribution in [3.63, 3.8) is 0 Å². The fraction of sp³-hybridized carbons (Fsp3) is 0.440. The lowest BCUT2D eigenvalue weighted by atomic mass is 9.82. The van der Waals surface area contributed by atoms with Crippen LogP contribution >= 0.6 is 11.6 Å². The van der Waals surface area contributed by atoms with E-state index in [1.165, 1.54) is 6.07 Å². The molecule has 0 aliphatic heterocycles. The third kappa shape index (κ3) is 7.27. The molecule has 1 saturated carbocycles. The summed E-state index contributed by atoms with van der Waals surface area (Å²) in [5.41, 5.74) is 6.53. The highest BCUT2D eigenvalue weighted by Crippen LogP contribution is 2.29. The molecule has 1 aliphatic rings. The van der Waals surface area contributed by atoms with E-state index in [-0.39, 0.29) is 12.3 Å². The number of nitrogens with two attached hydrogens (primary N) is 1. The van der Waals surface area contributed by atoms with Crippen LogP contribution < -0.4 is 21.1 Å². The normalized spacial score (nSPS) is 18.1. The zero-order valence-corrected chi connectivity index (χ0v) is 20.6. The lowest BCUT2D eigenvalue weighted by Crippen LogP contribution is -2.32. The summed E-state index contributed by atoms with van der Waals surface area (Å²) in [7, 11) is -3.55. The van der Waals surface area contributed by atoms with Crippen LogP contribution in [0.25, 0.3) is 10.9 Å². The quantitative estimate of drug-likeness (QED) is 0.312. The molecule has 0 saturated heterocycles. The molecular formula is C25H35ClN6O2S. The first-order valence-electron chi connectivity index (χ1n) is 11.6. The van der Waals surface area contributed by atoms with Crippen LogP contribution in [0.15, 0.2) is 53.4 Å². The summed E-state index contributed by atoms with van der Waals surface area (Å²) >= 11 is 5.93. The number of para-hydroxylation sites is 1. The van der Waals surface area contributed by atoms with Crippen LogP contribution in [0, 0.1) is 11.8 Å². The fourth-order valence-electron chi connectivity index (χ4n) is 4.30. The molecule has 1 aromatic heterocycles. The molecule has 1 aliphatic carbocycles. The number of benzene rings is 2. The summed E-state index contributed by atoms with van der Waals surface area (Å²) in [4.78, 5) is 9.51. The predicted octanol–water partition coefficient (Wildman–Crippen LogP) is 4.49. The van der Waals surface area contributed by atoms with Crippen LogP contribution in [0.1, 0.15) is 33.1 Å². The van der Waals surface area contributed by atoms with Crippen molar-refractivity contribution < 1.29 is 8.42 Å². The number of rotatable bonds is 10. The van der Waals surface area contributed by atoms with Gasteiger partial charge in [0.1, 0.15) is 5.82 Å². The minimum atomic E-state index is -3.55. The van der Waals surface area contributed by atoms with Gasteiger partial charge in [0.25, 0.3) is 0 Å². The summed E-state index contributed by atoms with van der Waals surface area (Å²) in [6, 6.07) is 14.3. The molecule has 0 atom stereocenters. The lowest BCUT2D eigenvalue weighted by Gasteiger charge is -2.28. The van der Waals surface area contributed by atoms with Crippen molar-refractivity contribution in [2.24, 2.45) is 17.6 Å². The zero-order chi connectivity index (χ0) is 24.0. The second-order valence-corrected chi connectivity index (χ2v) is 10.9. The highest BCUT2D eigenvalue weighted by molar-refractivity contribution is 7.89. The molecule has 0 spiro atoms. The van der Waals surface area contributed by atoms with Gasteiger partial charge in [-0.2, -0.15) is 4.98 Å². The van der Waals surface area contributed by atoms with E-state index in [1.807, 2.05) is 24.3 Å². The Morgan fingerprint density at radius 3 is 2.37 bits per heavy atom. The van der Waals surface area contributed by atoms with E-state index < -0.39 is 10.0 Å². The van der Waals surface area contributed by atoms with E-state index in [4.69, 9.17) is 17.3 Å². The second kappa shape index (κ2) is 12.5. The minimum absolute atomic E-state index is 0. The van der Waals surface area contributed by atoms with Crippen LogP contribution in [0.2, 0.25) is 5.02 Å². The molecule has 35 heavy (non-hydrogen) atoms. The van der Waals surface area contributed by atoms with Crippen molar-refractivity contribution in [3.05, 3.63) is 53.6 Å². The van der Waals surface area contributed by atoms with Crippen molar-refractivity contribution in [2.75, 3.05) is 36.8 Å². The van der Waals surface area contributed by atoms with Gasteiger partial charge in [-0.1, -0.05) is 37.2 Å². The summed E-state index contributed by atoms with van der Waals surface area (Å²) in [6.07, 6.45) is 4.02. The molecule has 0 bridgehead atoms. The summed E-state index contributed by atoms with van der Waals surface area (Å²) < 4.78 is 27.8. The molecule has 5 N–H and O–H groups in total. The van der Waals surface area contributed by atoms with E-state index >= 15 is 0 Å². The van der Waals surface area contributed by atoms with Gasteiger partial charge in [-0.3, -0.25) is 0 Å². The Kier molecular flexibility index (Phi) is 9.68. The van der Waals surface area contributed by atoms with Crippen LogP contribution in [0.4, 0.5) is 11.8 Å². The Morgan fingerprint density at radius 2 is 1.66 bits per heavy atom. The Hall–Kier alpha value is -2.46. The maximum absolute atomic E-state index is 12.5. The second-order valence-electron chi connectivity index (χ2n) is 8.71. The number of aromatic nitrogens is 2. The van der Waals surface area contributed by atoms with E-state index in [9.17, 15) is 8.42 Å². The van der Waals surface area contributed by atoms with Gasteiger partial charge in [-0.05, 0) is 67.9 Å². The maximum atomic E-state index is 12.5. The molecule has 3 aromatic rings. The summed E-state index contributed by atoms with van der Waals surface area (Å²) in [5.74, 6) is 2.22. The SMILES string of the molecule is C.NCCNc1nc(NCC2CCC(CNS(=O)(=O)c3cccc(Cl)c3)CC2)nc2ccccc12. The molecule has 0 radical (unpaired) electrons. The summed E-state index contributed by atoms with van der Waals surface area (Å²) in [6.45, 7) is 2.40. The number of fused-ring (bicyclic) bond motifs is 1. The van der Waals surface area contributed by atoms with Gasteiger partial charge < -0.3 is 16.4 Å². The monoisotopic (exact) mass is 518 g/mol. The van der Waals surface area contributed by atoms with Crippen LogP contribution in [-0.4, -0.2) is 44.6 Å². The fourth-order valence-corrected chi connectivity index (χ4v) is 5.72. The molecule has 1 fully saturated rings. The molecule has 2 aromatic carbocycles. The third-order valence-corrected chi connectivity index (χ3v) is 7.88. The molecule has 190 valence electrons. The molecule has 4 rings (SSSR count). The van der Waals surface area contributed by atoms with E-state index in [2.05, 4.69) is 25.3 Å². The summed E-state index contributed by atoms with van der Waals surface area (Å²) in [5, 5.41) is 8.07. The maximum Gasteiger partial charge on any atom is 0.240 e. The van der Waals surface area contributed by atoms with E-state index in [0.717, 1.165) is 48.9 Å². The highest BCUT2D eigenvalue weighted by Gasteiger charge is 2.23. The van der Waals surface area contributed by atoms with Crippen molar-refractivity contribution in [2.45, 2.75) is 38.0 Å². The molecule has 10 heteroatoms. The largest absolute Gasteiger partial charge is 0.368 e. The highest BCUT2D eigenvalue weighted by atomic mass is 35.5. The van der Waals surface area contributed by atoms with Gasteiger partial charge >= 0.3 is 0 Å². The van der Waals surface area contributed by atoms with Crippen molar-refractivity contribution >= 4 is 44.3 Å². The number of hydrogen-bond donors (Lipinski definition) is 4. The van der Waals surface area contributed by atoms with Gasteiger partial charge in [0, 0.05) is 36.6 Å². The van der Waals surface area contributed by atoms with Crippen LogP contribution in [-0.2, 0) is 10.0 Å². The van der Waals surface area contributed by atoms with Crippen molar-refractivity contribution in [3.8, 4) is 0 Å². The first-order valence-corrected chi connectivity index (χ1v) is 13.5. The number of sulfonamides is 1. The van der Waals surface area contributed by atoms with Gasteiger partial charge in [-0.25, -0.2) is 18.1 Å². The molecule has 0 unspecified atom stereocenters. The van der Waals surface area contributed by atoms with Crippen molar-refractivity contribution in [1.82, 2.24) is 14.7 Å². The Bertz CT molecular complexity index is 1220. The first-order chi connectivity index (χ1) is 16.4. The van der Waals surface area contributed by atoms with Gasteiger partial charge in [0.05, 0.1) is 10.4 Å². The molecule has 1 heterocycles. The number of nitrogens with zero attached hydrogens (tertiary/aromatic N) is 2. The van der Waals surface area contributed by atoms with Gasteiger partial charge in [0.2, 0.25) is 16.0 Å². The lowest BCUT2D eigenvalue weighted by molar-refractivity contribution is 0.284. The van der Waals surface area contributed by atoms with E-state index in [0.29, 0.717) is 42.4 Å². The Balaban J connectivity index is 0.00000342. The predicted molar refractivity (Wildman–Crippen MR) is 144 cm³/mol. The average molecular weight is 519 g/mol. The average Bonchev–Trinajstić information content (AvgIpc) is 2.85. The van der Waals surface area contributed by atoms with Crippen molar-refractivity contribution in [1.29, 1.82) is 0 Å². The number of halogens is 1. The van der Waals surface area contributed by atoms with Gasteiger partial charge in [0.15, 0.2) is 0 Å². The number of anilines is 2. The first kappa shape index (κ1) is 27.1. The number of hydrogen-bond acceptors (Lipinski definition) is 7. The topological polar surface area (TPSA) is 122 Å². The third-order valence-electron chi connectivity index (χ3n) is 6.22. The van der Waals surface area contributed by atoms with Gasteiger partial charge in [-0.15, -0.1) is 0 Å². The zero-order valence-electron chi connectivity index (χ0n) is 19.0. The molecule has 0 amide bonds.